The predicted octanol–water partition coefficient (Wildman–Crippen LogP) is 3.73. The van der Waals surface area contributed by atoms with E-state index < -0.39 is 0 Å². The van der Waals surface area contributed by atoms with Gasteiger partial charge in [0.2, 0.25) is 0 Å². The second kappa shape index (κ2) is 6.35. The van der Waals surface area contributed by atoms with E-state index in [2.05, 4.69) is 33.9 Å². The van der Waals surface area contributed by atoms with E-state index in [1.165, 1.54) is 5.56 Å². The van der Waals surface area contributed by atoms with Gasteiger partial charge >= 0.3 is 0 Å². The average Bonchev–Trinajstić information content (AvgIpc) is 2.36. The van der Waals surface area contributed by atoms with Gasteiger partial charge in [-0.3, -0.25) is 0 Å². The van der Waals surface area contributed by atoms with E-state index in [4.69, 9.17) is 10.5 Å². The van der Waals surface area contributed by atoms with Crippen molar-refractivity contribution in [1.82, 2.24) is 4.98 Å². The molecule has 0 aliphatic carbocycles. The van der Waals surface area contributed by atoms with Gasteiger partial charge in [0, 0.05) is 15.6 Å². The number of rotatable bonds is 5. The molecular weight excluding hydrogens is 304 g/mol. The highest BCUT2D eigenvalue weighted by molar-refractivity contribution is 9.10. The number of aryl methyl sites for hydroxylation is 2. The molecule has 0 saturated heterocycles. The Bertz CT molecular complexity index is 584. The molecule has 4 heteroatoms. The largest absolute Gasteiger partial charge is 0.491 e. The summed E-state index contributed by atoms with van der Waals surface area (Å²) >= 11 is 3.59. The van der Waals surface area contributed by atoms with Gasteiger partial charge in [0.25, 0.3) is 0 Å². The molecule has 102 valence electrons. The van der Waals surface area contributed by atoms with Crippen LogP contribution in [0.25, 0.3) is 10.9 Å². The zero-order valence-electron chi connectivity index (χ0n) is 11.4. The number of nitrogens with two attached hydrogens (primary N) is 1. The summed E-state index contributed by atoms with van der Waals surface area (Å²) in [6, 6.07) is 6.08. The van der Waals surface area contributed by atoms with Gasteiger partial charge in [-0.15, -0.1) is 0 Å². The van der Waals surface area contributed by atoms with Gasteiger partial charge in [-0.1, -0.05) is 15.9 Å². The highest BCUT2D eigenvalue weighted by Gasteiger charge is 2.10. The van der Waals surface area contributed by atoms with Gasteiger partial charge in [-0.05, 0) is 57.0 Å². The Labute approximate surface area is 122 Å². The van der Waals surface area contributed by atoms with Gasteiger partial charge in [-0.2, -0.15) is 0 Å². The third-order valence-electron chi connectivity index (χ3n) is 3.05. The van der Waals surface area contributed by atoms with Crippen LogP contribution in [0, 0.1) is 13.8 Å². The minimum Gasteiger partial charge on any atom is -0.491 e. The summed E-state index contributed by atoms with van der Waals surface area (Å²) in [7, 11) is 0. The Morgan fingerprint density at radius 1 is 1.26 bits per heavy atom. The molecule has 3 nitrogen and oxygen atoms in total. The minimum atomic E-state index is 0.683. The first kappa shape index (κ1) is 14.3. The number of nitrogens with zero attached hydrogens (tertiary/aromatic N) is 1. The van der Waals surface area contributed by atoms with Gasteiger partial charge in [-0.25, -0.2) is 4.98 Å². The lowest BCUT2D eigenvalue weighted by atomic mass is 10.1. The summed E-state index contributed by atoms with van der Waals surface area (Å²) in [5.41, 5.74) is 8.63. The Hall–Kier alpha value is -1.13. The fourth-order valence-electron chi connectivity index (χ4n) is 2.17. The number of hydrogen-bond donors (Lipinski definition) is 1. The SMILES string of the molecule is Cc1cc(C)c2c(Br)ccc(OCCCCN)c2n1. The minimum absolute atomic E-state index is 0.683. The van der Waals surface area contributed by atoms with Crippen molar-refractivity contribution in [2.24, 2.45) is 5.73 Å². The molecule has 0 aliphatic rings. The van der Waals surface area contributed by atoms with E-state index in [0.717, 1.165) is 39.7 Å². The van der Waals surface area contributed by atoms with E-state index in [1.54, 1.807) is 0 Å². The molecule has 1 aromatic carbocycles. The maximum Gasteiger partial charge on any atom is 0.145 e. The lowest BCUT2D eigenvalue weighted by molar-refractivity contribution is 0.310. The van der Waals surface area contributed by atoms with Crippen LogP contribution in [0.5, 0.6) is 5.75 Å². The Balaban J connectivity index is 2.36. The quantitative estimate of drug-likeness (QED) is 0.853. The fourth-order valence-corrected chi connectivity index (χ4v) is 2.81. The number of pyridine rings is 1. The summed E-state index contributed by atoms with van der Waals surface area (Å²) in [5, 5.41) is 1.13. The maximum atomic E-state index is 5.85. The molecule has 0 atom stereocenters. The maximum absolute atomic E-state index is 5.85. The van der Waals surface area contributed by atoms with E-state index in [0.29, 0.717) is 13.2 Å². The molecule has 0 aliphatic heterocycles. The monoisotopic (exact) mass is 322 g/mol. The lowest BCUT2D eigenvalue weighted by Gasteiger charge is -2.12. The molecule has 0 spiro atoms. The van der Waals surface area contributed by atoms with E-state index in [-0.39, 0.29) is 0 Å². The molecule has 0 amide bonds. The van der Waals surface area contributed by atoms with E-state index in [1.807, 2.05) is 19.1 Å². The van der Waals surface area contributed by atoms with E-state index in [9.17, 15) is 0 Å². The number of aromatic nitrogens is 1. The number of hydrogen-bond acceptors (Lipinski definition) is 3. The smallest absolute Gasteiger partial charge is 0.145 e. The second-order valence-electron chi connectivity index (χ2n) is 4.69. The first-order chi connectivity index (χ1) is 9.13. The molecule has 19 heavy (non-hydrogen) atoms. The summed E-state index contributed by atoms with van der Waals surface area (Å²) in [5.74, 6) is 0.849. The summed E-state index contributed by atoms with van der Waals surface area (Å²) < 4.78 is 6.90. The van der Waals surface area contributed by atoms with Crippen LogP contribution < -0.4 is 10.5 Å². The molecule has 0 unspecified atom stereocenters. The van der Waals surface area contributed by atoms with Crippen LogP contribution in [-0.2, 0) is 0 Å². The van der Waals surface area contributed by atoms with Crippen molar-refractivity contribution in [2.45, 2.75) is 26.7 Å². The summed E-state index contributed by atoms with van der Waals surface area (Å²) in [6.07, 6.45) is 1.96. The van der Waals surface area contributed by atoms with E-state index >= 15 is 0 Å². The first-order valence-electron chi connectivity index (χ1n) is 6.53. The number of fused-ring (bicyclic) bond motifs is 1. The predicted molar refractivity (Wildman–Crippen MR) is 82.7 cm³/mol. The standard InChI is InChI=1S/C15H19BrN2O/c1-10-9-11(2)18-15-13(19-8-4-3-7-17)6-5-12(16)14(10)15/h5-6,9H,3-4,7-8,17H2,1-2H3. The molecule has 1 heterocycles. The van der Waals surface area contributed by atoms with Crippen LogP contribution in [0.3, 0.4) is 0 Å². The average molecular weight is 323 g/mol. The summed E-state index contributed by atoms with van der Waals surface area (Å²) in [6.45, 7) is 5.50. The fraction of sp³-hybridized carbons (Fsp3) is 0.400. The summed E-state index contributed by atoms with van der Waals surface area (Å²) in [4.78, 5) is 4.62. The van der Waals surface area contributed by atoms with Crippen molar-refractivity contribution >= 4 is 26.8 Å². The molecule has 2 aromatic rings. The van der Waals surface area contributed by atoms with Crippen molar-refractivity contribution in [1.29, 1.82) is 0 Å². The number of unbranched alkanes of at least 4 members (excludes halogenated alkanes) is 1. The van der Waals surface area contributed by atoms with Crippen LogP contribution in [0.15, 0.2) is 22.7 Å². The Kier molecular flexibility index (Phi) is 4.77. The lowest BCUT2D eigenvalue weighted by Crippen LogP contribution is -2.04. The third kappa shape index (κ3) is 3.25. The van der Waals surface area contributed by atoms with Gasteiger partial charge in [0.15, 0.2) is 0 Å². The van der Waals surface area contributed by atoms with Crippen molar-refractivity contribution in [3.8, 4) is 5.75 Å². The molecule has 1 aromatic heterocycles. The molecule has 0 fully saturated rings. The molecular formula is C15H19BrN2O. The highest BCUT2D eigenvalue weighted by Crippen LogP contribution is 2.33. The highest BCUT2D eigenvalue weighted by atomic mass is 79.9. The zero-order chi connectivity index (χ0) is 13.8. The molecule has 0 bridgehead atoms. The first-order valence-corrected chi connectivity index (χ1v) is 7.32. The molecule has 2 rings (SSSR count). The Morgan fingerprint density at radius 2 is 2.05 bits per heavy atom. The van der Waals surface area contributed by atoms with Crippen LogP contribution in [0.4, 0.5) is 0 Å². The van der Waals surface area contributed by atoms with Crippen LogP contribution >= 0.6 is 15.9 Å². The molecule has 0 radical (unpaired) electrons. The van der Waals surface area contributed by atoms with Crippen molar-refractivity contribution in [2.75, 3.05) is 13.2 Å². The van der Waals surface area contributed by atoms with Gasteiger partial charge in [0.1, 0.15) is 11.3 Å². The van der Waals surface area contributed by atoms with Crippen molar-refractivity contribution < 1.29 is 4.74 Å². The van der Waals surface area contributed by atoms with Crippen molar-refractivity contribution in [3.05, 3.63) is 33.9 Å². The topological polar surface area (TPSA) is 48.1 Å². The number of halogens is 1. The van der Waals surface area contributed by atoms with Crippen LogP contribution in [0.2, 0.25) is 0 Å². The Morgan fingerprint density at radius 3 is 2.79 bits per heavy atom. The third-order valence-corrected chi connectivity index (χ3v) is 3.71. The van der Waals surface area contributed by atoms with Gasteiger partial charge < -0.3 is 10.5 Å². The molecule has 2 N–H and O–H groups in total. The van der Waals surface area contributed by atoms with Crippen LogP contribution in [0.1, 0.15) is 24.1 Å². The number of benzene rings is 1. The number of ether oxygens (including phenoxy) is 1. The van der Waals surface area contributed by atoms with Crippen molar-refractivity contribution in [3.63, 3.8) is 0 Å². The second-order valence-corrected chi connectivity index (χ2v) is 5.55. The normalized spacial score (nSPS) is 10.9. The zero-order valence-corrected chi connectivity index (χ0v) is 13.0. The molecule has 0 saturated carbocycles. The van der Waals surface area contributed by atoms with Gasteiger partial charge in [0.05, 0.1) is 6.61 Å². The van der Waals surface area contributed by atoms with Crippen LogP contribution in [-0.4, -0.2) is 18.1 Å².